The first-order valence-corrected chi connectivity index (χ1v) is 6.97. The number of aliphatic hydroxyl groups is 1. The standard InChI is InChI=1S/C15H22N2O4/c1-10-7-11(8-12(13(10)16)14(18)19)17(2)9-15(20)3-5-21-6-4-15/h7-8,20H,3-6,9,16H2,1-2H3,(H,18,19). The Hall–Kier alpha value is -1.79. The van der Waals surface area contributed by atoms with Crippen LogP contribution < -0.4 is 10.6 Å². The second-order valence-electron chi connectivity index (χ2n) is 5.72. The van der Waals surface area contributed by atoms with Crippen LogP contribution in [0.2, 0.25) is 0 Å². The van der Waals surface area contributed by atoms with Gasteiger partial charge < -0.3 is 25.6 Å². The van der Waals surface area contributed by atoms with Gasteiger partial charge in [0.05, 0.1) is 11.2 Å². The first-order chi connectivity index (χ1) is 9.82. The van der Waals surface area contributed by atoms with Crippen LogP contribution in [-0.4, -0.2) is 48.6 Å². The van der Waals surface area contributed by atoms with E-state index in [0.717, 1.165) is 11.3 Å². The minimum Gasteiger partial charge on any atom is -0.478 e. The van der Waals surface area contributed by atoms with Crippen LogP contribution in [0.1, 0.15) is 28.8 Å². The molecule has 1 heterocycles. The SMILES string of the molecule is Cc1cc(N(C)CC2(O)CCOCC2)cc(C(=O)O)c1N. The highest BCUT2D eigenvalue weighted by molar-refractivity contribution is 5.95. The number of carboxylic acids is 1. The molecule has 1 aromatic carbocycles. The number of carbonyl (C=O) groups is 1. The molecule has 0 atom stereocenters. The molecule has 4 N–H and O–H groups in total. The van der Waals surface area contributed by atoms with Crippen LogP contribution >= 0.6 is 0 Å². The largest absolute Gasteiger partial charge is 0.478 e. The molecule has 6 nitrogen and oxygen atoms in total. The number of aryl methyl sites for hydroxylation is 1. The fraction of sp³-hybridized carbons (Fsp3) is 0.533. The number of benzene rings is 1. The number of nitrogens with two attached hydrogens (primary N) is 1. The van der Waals surface area contributed by atoms with Crippen LogP contribution in [0.15, 0.2) is 12.1 Å². The summed E-state index contributed by atoms with van der Waals surface area (Å²) in [5.74, 6) is -1.05. The molecular weight excluding hydrogens is 272 g/mol. The van der Waals surface area contributed by atoms with E-state index in [9.17, 15) is 15.0 Å². The van der Waals surface area contributed by atoms with Crippen molar-refractivity contribution >= 4 is 17.3 Å². The second-order valence-corrected chi connectivity index (χ2v) is 5.72. The van der Waals surface area contributed by atoms with E-state index < -0.39 is 11.6 Å². The fourth-order valence-electron chi connectivity index (χ4n) is 2.62. The summed E-state index contributed by atoms with van der Waals surface area (Å²) in [6, 6.07) is 3.39. The van der Waals surface area contributed by atoms with Crippen LogP contribution in [0.5, 0.6) is 0 Å². The van der Waals surface area contributed by atoms with E-state index in [1.54, 1.807) is 13.0 Å². The molecule has 1 aliphatic rings. The second kappa shape index (κ2) is 5.91. The Labute approximate surface area is 124 Å². The maximum atomic E-state index is 11.2. The zero-order chi connectivity index (χ0) is 15.6. The third-order valence-electron chi connectivity index (χ3n) is 4.00. The predicted molar refractivity (Wildman–Crippen MR) is 80.8 cm³/mol. The van der Waals surface area contributed by atoms with E-state index in [2.05, 4.69) is 0 Å². The number of nitrogens with zero attached hydrogens (tertiary/aromatic N) is 1. The first kappa shape index (κ1) is 15.6. The van der Waals surface area contributed by atoms with Crippen LogP contribution in [0.4, 0.5) is 11.4 Å². The molecule has 116 valence electrons. The highest BCUT2D eigenvalue weighted by Gasteiger charge is 2.31. The minimum atomic E-state index is -1.05. The number of rotatable bonds is 4. The summed E-state index contributed by atoms with van der Waals surface area (Å²) in [7, 11) is 1.84. The molecule has 1 fully saturated rings. The van der Waals surface area contributed by atoms with Gasteiger partial charge >= 0.3 is 5.97 Å². The van der Waals surface area contributed by atoms with E-state index in [1.807, 2.05) is 18.0 Å². The highest BCUT2D eigenvalue weighted by atomic mass is 16.5. The van der Waals surface area contributed by atoms with E-state index >= 15 is 0 Å². The number of hydrogen-bond donors (Lipinski definition) is 3. The average Bonchev–Trinajstić information content (AvgIpc) is 2.41. The van der Waals surface area contributed by atoms with Gasteiger partial charge in [0.15, 0.2) is 0 Å². The third-order valence-corrected chi connectivity index (χ3v) is 4.00. The number of aromatic carboxylic acids is 1. The van der Waals surface area contributed by atoms with Crippen LogP contribution in [-0.2, 0) is 4.74 Å². The van der Waals surface area contributed by atoms with E-state index in [0.29, 0.717) is 32.6 Å². The van der Waals surface area contributed by atoms with Crippen molar-refractivity contribution in [3.8, 4) is 0 Å². The van der Waals surface area contributed by atoms with Gasteiger partial charge in [-0.1, -0.05) is 0 Å². The van der Waals surface area contributed by atoms with E-state index in [-0.39, 0.29) is 11.3 Å². The highest BCUT2D eigenvalue weighted by Crippen LogP contribution is 2.28. The van der Waals surface area contributed by atoms with Gasteiger partial charge in [0.1, 0.15) is 0 Å². The van der Waals surface area contributed by atoms with Crippen LogP contribution in [0, 0.1) is 6.92 Å². The molecule has 6 heteroatoms. The first-order valence-electron chi connectivity index (χ1n) is 6.97. The number of ether oxygens (including phenoxy) is 1. The van der Waals surface area contributed by atoms with Gasteiger partial charge in [0.25, 0.3) is 0 Å². The number of nitrogen functional groups attached to an aromatic ring is 1. The maximum absolute atomic E-state index is 11.2. The molecule has 2 rings (SSSR count). The summed E-state index contributed by atoms with van der Waals surface area (Å²) in [6.07, 6.45) is 1.16. The van der Waals surface area contributed by atoms with Crippen LogP contribution in [0.25, 0.3) is 0 Å². The third kappa shape index (κ3) is 3.46. The summed E-state index contributed by atoms with van der Waals surface area (Å²) in [4.78, 5) is 13.1. The van der Waals surface area contributed by atoms with Gasteiger partial charge in [-0.3, -0.25) is 0 Å². The minimum absolute atomic E-state index is 0.0933. The lowest BCUT2D eigenvalue weighted by Gasteiger charge is -2.36. The lowest BCUT2D eigenvalue weighted by atomic mass is 9.93. The Morgan fingerprint density at radius 3 is 2.62 bits per heavy atom. The zero-order valence-electron chi connectivity index (χ0n) is 12.4. The van der Waals surface area contributed by atoms with E-state index in [4.69, 9.17) is 10.5 Å². The Kier molecular flexibility index (Phi) is 4.39. The molecule has 0 amide bonds. The number of carboxylic acid groups (broad SMARTS) is 1. The normalized spacial score (nSPS) is 17.5. The zero-order valence-corrected chi connectivity index (χ0v) is 12.4. The Balaban J connectivity index is 2.22. The molecule has 0 saturated carbocycles. The van der Waals surface area contributed by atoms with Crippen molar-refractivity contribution in [1.82, 2.24) is 0 Å². The molecule has 0 unspecified atom stereocenters. The van der Waals surface area contributed by atoms with Crippen molar-refractivity contribution in [3.63, 3.8) is 0 Å². The van der Waals surface area contributed by atoms with Gasteiger partial charge in [-0.2, -0.15) is 0 Å². The van der Waals surface area contributed by atoms with Crippen molar-refractivity contribution < 1.29 is 19.7 Å². The number of anilines is 2. The Morgan fingerprint density at radius 1 is 1.43 bits per heavy atom. The molecule has 0 aliphatic carbocycles. The molecule has 0 radical (unpaired) electrons. The van der Waals surface area contributed by atoms with E-state index in [1.165, 1.54) is 0 Å². The summed E-state index contributed by atoms with van der Waals surface area (Å²) < 4.78 is 5.26. The smallest absolute Gasteiger partial charge is 0.337 e. The van der Waals surface area contributed by atoms with Gasteiger partial charge in [-0.15, -0.1) is 0 Å². The van der Waals surface area contributed by atoms with Crippen molar-refractivity contribution in [1.29, 1.82) is 0 Å². The Bertz CT molecular complexity index is 539. The quantitative estimate of drug-likeness (QED) is 0.723. The number of hydrogen-bond acceptors (Lipinski definition) is 5. The van der Waals surface area contributed by atoms with Gasteiger partial charge in [-0.25, -0.2) is 4.79 Å². The molecule has 1 saturated heterocycles. The lowest BCUT2D eigenvalue weighted by Crippen LogP contribution is -2.45. The summed E-state index contributed by atoms with van der Waals surface area (Å²) in [5.41, 5.74) is 6.83. The van der Waals surface area contributed by atoms with Gasteiger partial charge in [0.2, 0.25) is 0 Å². The van der Waals surface area contributed by atoms with Gasteiger partial charge in [-0.05, 0) is 24.6 Å². The topological polar surface area (TPSA) is 96.0 Å². The molecule has 0 spiro atoms. The fourth-order valence-corrected chi connectivity index (χ4v) is 2.62. The van der Waals surface area contributed by atoms with Crippen molar-refractivity contribution in [2.45, 2.75) is 25.4 Å². The summed E-state index contributed by atoms with van der Waals surface area (Å²) in [5, 5.41) is 19.7. The molecule has 1 aliphatic heterocycles. The maximum Gasteiger partial charge on any atom is 0.337 e. The average molecular weight is 294 g/mol. The predicted octanol–water partition coefficient (Wildman–Crippen LogP) is 1.25. The van der Waals surface area contributed by atoms with Gasteiger partial charge in [0, 0.05) is 51.0 Å². The molecule has 0 bridgehead atoms. The Morgan fingerprint density at radius 2 is 2.05 bits per heavy atom. The van der Waals surface area contributed by atoms with Crippen LogP contribution in [0.3, 0.4) is 0 Å². The monoisotopic (exact) mass is 294 g/mol. The van der Waals surface area contributed by atoms with Crippen molar-refractivity contribution in [3.05, 3.63) is 23.3 Å². The van der Waals surface area contributed by atoms with Crippen molar-refractivity contribution in [2.24, 2.45) is 0 Å². The molecule has 1 aromatic rings. The molecule has 0 aromatic heterocycles. The summed E-state index contributed by atoms with van der Waals surface area (Å²) >= 11 is 0. The molecule has 21 heavy (non-hydrogen) atoms. The summed E-state index contributed by atoms with van der Waals surface area (Å²) in [6.45, 7) is 3.30. The lowest BCUT2D eigenvalue weighted by molar-refractivity contribution is -0.0572. The number of likely N-dealkylation sites (N-methyl/N-ethyl adjacent to an activating group) is 1. The molecular formula is C15H22N2O4. The van der Waals surface area contributed by atoms with Crippen molar-refractivity contribution in [2.75, 3.05) is 37.4 Å².